The van der Waals surface area contributed by atoms with Crippen molar-refractivity contribution in [1.29, 1.82) is 0 Å². The van der Waals surface area contributed by atoms with Gasteiger partial charge in [-0.3, -0.25) is 14.5 Å². The normalized spacial score (nSPS) is 29.0. The molecule has 166 valence electrons. The number of likely N-dealkylation sites (tertiary alicyclic amines) is 2. The Labute approximate surface area is 178 Å². The molecule has 3 aliphatic heterocycles. The maximum absolute atomic E-state index is 12.8. The minimum Gasteiger partial charge on any atom is -0.376 e. The summed E-state index contributed by atoms with van der Waals surface area (Å²) in [7, 11) is 2.01. The van der Waals surface area contributed by atoms with Gasteiger partial charge < -0.3 is 19.5 Å². The van der Waals surface area contributed by atoms with Crippen LogP contribution in [0, 0.1) is 11.8 Å². The number of rotatable bonds is 7. The number of nitrogens with zero attached hydrogens (tertiary/aromatic N) is 4. The van der Waals surface area contributed by atoms with Crippen molar-refractivity contribution in [1.82, 2.24) is 24.7 Å². The van der Waals surface area contributed by atoms with E-state index in [0.717, 1.165) is 44.8 Å². The SMILES string of the molecule is CC(C)NC(=O)C[C@@H]1CN(Cc2nccn2C)[C@@H]2CO[C@@H](CC(=O)N3CCCC3)[C@H]12. The molecule has 8 nitrogen and oxygen atoms in total. The van der Waals surface area contributed by atoms with Gasteiger partial charge in [-0.25, -0.2) is 4.98 Å². The first-order valence-electron chi connectivity index (χ1n) is 11.3. The summed E-state index contributed by atoms with van der Waals surface area (Å²) in [4.78, 5) is 34.2. The summed E-state index contributed by atoms with van der Waals surface area (Å²) in [6.07, 6.45) is 6.77. The van der Waals surface area contributed by atoms with Gasteiger partial charge >= 0.3 is 0 Å². The highest BCUT2D eigenvalue weighted by molar-refractivity contribution is 5.77. The molecular formula is C22H35N5O3. The van der Waals surface area contributed by atoms with Gasteiger partial charge in [-0.1, -0.05) is 0 Å². The third-order valence-electron chi connectivity index (χ3n) is 6.83. The van der Waals surface area contributed by atoms with E-state index in [-0.39, 0.29) is 41.8 Å². The maximum Gasteiger partial charge on any atom is 0.225 e. The molecule has 4 atom stereocenters. The number of amides is 2. The molecule has 3 fully saturated rings. The van der Waals surface area contributed by atoms with Crippen LogP contribution in [0.4, 0.5) is 0 Å². The van der Waals surface area contributed by atoms with Gasteiger partial charge in [-0.2, -0.15) is 0 Å². The maximum atomic E-state index is 12.8. The number of fused-ring (bicyclic) bond motifs is 1. The van der Waals surface area contributed by atoms with Gasteiger partial charge in [0.15, 0.2) is 0 Å². The van der Waals surface area contributed by atoms with Gasteiger partial charge in [-0.15, -0.1) is 0 Å². The Hall–Kier alpha value is -1.93. The zero-order chi connectivity index (χ0) is 21.3. The van der Waals surface area contributed by atoms with Crippen molar-refractivity contribution in [3.8, 4) is 0 Å². The molecular weight excluding hydrogens is 382 g/mol. The molecule has 1 aromatic rings. The topological polar surface area (TPSA) is 79.7 Å². The largest absolute Gasteiger partial charge is 0.376 e. The van der Waals surface area contributed by atoms with Crippen molar-refractivity contribution < 1.29 is 14.3 Å². The van der Waals surface area contributed by atoms with Crippen LogP contribution in [0.3, 0.4) is 0 Å². The summed E-state index contributed by atoms with van der Waals surface area (Å²) in [5.41, 5.74) is 0. The Morgan fingerprint density at radius 1 is 1.27 bits per heavy atom. The lowest BCUT2D eigenvalue weighted by atomic mass is 9.84. The van der Waals surface area contributed by atoms with Crippen LogP contribution in [0.5, 0.6) is 0 Å². The predicted molar refractivity (Wildman–Crippen MR) is 112 cm³/mol. The Kier molecular flexibility index (Phi) is 6.43. The molecule has 8 heteroatoms. The highest BCUT2D eigenvalue weighted by Gasteiger charge is 2.51. The second kappa shape index (κ2) is 9.06. The molecule has 0 spiro atoms. The van der Waals surface area contributed by atoms with E-state index in [0.29, 0.717) is 19.4 Å². The third-order valence-corrected chi connectivity index (χ3v) is 6.83. The third kappa shape index (κ3) is 4.54. The fraction of sp³-hybridized carbons (Fsp3) is 0.773. The minimum absolute atomic E-state index is 0.0871. The quantitative estimate of drug-likeness (QED) is 0.720. The van der Waals surface area contributed by atoms with Crippen LogP contribution in [0.2, 0.25) is 0 Å². The Balaban J connectivity index is 1.47. The average molecular weight is 418 g/mol. The number of carbonyl (C=O) groups is 2. The van der Waals surface area contributed by atoms with E-state index in [1.165, 1.54) is 0 Å². The highest BCUT2D eigenvalue weighted by Crippen LogP contribution is 2.42. The molecule has 30 heavy (non-hydrogen) atoms. The van der Waals surface area contributed by atoms with Crippen molar-refractivity contribution in [3.63, 3.8) is 0 Å². The molecule has 1 aromatic heterocycles. The van der Waals surface area contributed by atoms with Crippen molar-refractivity contribution >= 4 is 11.8 Å². The number of hydrogen-bond donors (Lipinski definition) is 1. The van der Waals surface area contributed by atoms with E-state index < -0.39 is 0 Å². The second-order valence-electron chi connectivity index (χ2n) is 9.38. The van der Waals surface area contributed by atoms with Crippen LogP contribution in [0.15, 0.2) is 12.4 Å². The summed E-state index contributed by atoms with van der Waals surface area (Å²) in [5.74, 6) is 1.69. The van der Waals surface area contributed by atoms with Crippen LogP contribution in [-0.2, 0) is 27.9 Å². The van der Waals surface area contributed by atoms with Crippen molar-refractivity contribution in [2.45, 2.75) is 64.3 Å². The van der Waals surface area contributed by atoms with Crippen LogP contribution >= 0.6 is 0 Å². The van der Waals surface area contributed by atoms with Crippen LogP contribution < -0.4 is 5.32 Å². The van der Waals surface area contributed by atoms with E-state index in [9.17, 15) is 9.59 Å². The Bertz CT molecular complexity index is 758. The number of imidazole rings is 1. The van der Waals surface area contributed by atoms with E-state index in [1.54, 1.807) is 0 Å². The van der Waals surface area contributed by atoms with Gasteiger partial charge in [0.25, 0.3) is 0 Å². The first kappa shape index (κ1) is 21.3. The zero-order valence-corrected chi connectivity index (χ0v) is 18.4. The molecule has 0 aliphatic carbocycles. The van der Waals surface area contributed by atoms with Crippen LogP contribution in [-0.4, -0.2) is 75.6 Å². The number of hydrogen-bond acceptors (Lipinski definition) is 5. The standard InChI is InChI=1S/C22H35N5O3/c1-15(2)24-20(28)10-16-12-27(13-19-23-6-9-25(19)3)17-14-30-18(22(16)17)11-21(29)26-7-4-5-8-26/h6,9,15-18,22H,4-5,7-8,10-14H2,1-3H3,(H,24,28)/t16-,17-,18+,22-/m1/s1. The van der Waals surface area contributed by atoms with Crippen molar-refractivity contribution in [2.24, 2.45) is 18.9 Å². The number of nitrogens with one attached hydrogen (secondary N) is 1. The van der Waals surface area contributed by atoms with Gasteiger partial charge in [0.1, 0.15) is 5.82 Å². The number of aromatic nitrogens is 2. The molecule has 4 rings (SSSR count). The van der Waals surface area contributed by atoms with E-state index in [4.69, 9.17) is 4.74 Å². The molecule has 1 N–H and O–H groups in total. The fourth-order valence-corrected chi connectivity index (χ4v) is 5.41. The Morgan fingerprint density at radius 3 is 2.70 bits per heavy atom. The lowest BCUT2D eigenvalue weighted by molar-refractivity contribution is -0.133. The van der Waals surface area contributed by atoms with Gasteiger partial charge in [0.2, 0.25) is 11.8 Å². The molecule has 2 amide bonds. The smallest absolute Gasteiger partial charge is 0.225 e. The molecule has 3 saturated heterocycles. The number of carbonyl (C=O) groups excluding carboxylic acids is 2. The second-order valence-corrected chi connectivity index (χ2v) is 9.38. The van der Waals surface area contributed by atoms with E-state index >= 15 is 0 Å². The lowest BCUT2D eigenvalue weighted by Gasteiger charge is -2.25. The first-order chi connectivity index (χ1) is 14.4. The molecule has 0 aromatic carbocycles. The summed E-state index contributed by atoms with van der Waals surface area (Å²) in [6, 6.07) is 0.362. The first-order valence-corrected chi connectivity index (χ1v) is 11.3. The van der Waals surface area contributed by atoms with Gasteiger partial charge in [0, 0.05) is 63.5 Å². The van der Waals surface area contributed by atoms with Gasteiger partial charge in [0.05, 0.1) is 25.7 Å². The zero-order valence-electron chi connectivity index (χ0n) is 18.4. The molecule has 0 radical (unpaired) electrons. The number of ether oxygens (including phenoxy) is 1. The molecule has 0 unspecified atom stereocenters. The van der Waals surface area contributed by atoms with Crippen LogP contribution in [0.1, 0.15) is 45.4 Å². The minimum atomic E-state index is -0.105. The van der Waals surface area contributed by atoms with E-state index in [2.05, 4.69) is 15.2 Å². The van der Waals surface area contributed by atoms with Crippen molar-refractivity contribution in [2.75, 3.05) is 26.2 Å². The molecule has 3 aliphatic rings. The molecule has 0 bridgehead atoms. The summed E-state index contributed by atoms with van der Waals surface area (Å²) >= 11 is 0. The van der Waals surface area contributed by atoms with Crippen LogP contribution in [0.25, 0.3) is 0 Å². The monoisotopic (exact) mass is 417 g/mol. The molecule has 4 heterocycles. The lowest BCUT2D eigenvalue weighted by Crippen LogP contribution is -2.37. The highest BCUT2D eigenvalue weighted by atomic mass is 16.5. The molecule has 0 saturated carbocycles. The summed E-state index contributed by atoms with van der Waals surface area (Å²) in [5, 5.41) is 3.03. The average Bonchev–Trinajstić information content (AvgIpc) is 3.44. The number of aryl methyl sites for hydroxylation is 1. The Morgan fingerprint density at radius 2 is 2.03 bits per heavy atom. The van der Waals surface area contributed by atoms with E-state index in [1.807, 2.05) is 42.8 Å². The van der Waals surface area contributed by atoms with Crippen molar-refractivity contribution in [3.05, 3.63) is 18.2 Å². The summed E-state index contributed by atoms with van der Waals surface area (Å²) in [6.45, 7) is 7.90. The summed E-state index contributed by atoms with van der Waals surface area (Å²) < 4.78 is 8.21. The fourth-order valence-electron chi connectivity index (χ4n) is 5.41. The predicted octanol–water partition coefficient (Wildman–Crippen LogP) is 1.16. The van der Waals surface area contributed by atoms with Gasteiger partial charge in [-0.05, 0) is 32.6 Å².